The van der Waals surface area contributed by atoms with Crippen LogP contribution in [0.4, 0.5) is 0 Å². The fourth-order valence-corrected chi connectivity index (χ4v) is 3.05. The van der Waals surface area contributed by atoms with Crippen molar-refractivity contribution in [3.63, 3.8) is 0 Å². The topological polar surface area (TPSA) is 43.4 Å². The summed E-state index contributed by atoms with van der Waals surface area (Å²) in [4.78, 5) is 23.2. The number of ether oxygens (including phenoxy) is 1. The van der Waals surface area contributed by atoms with Gasteiger partial charge in [-0.15, -0.1) is 0 Å². The van der Waals surface area contributed by atoms with E-state index in [1.165, 1.54) is 6.92 Å². The summed E-state index contributed by atoms with van der Waals surface area (Å²) in [6.45, 7) is 1.69. The lowest BCUT2D eigenvalue weighted by molar-refractivity contribution is -0.142. The van der Waals surface area contributed by atoms with E-state index >= 15 is 0 Å². The van der Waals surface area contributed by atoms with Crippen LogP contribution in [0.25, 0.3) is 0 Å². The first-order valence-electron chi connectivity index (χ1n) is 6.47. The second-order valence-electron chi connectivity index (χ2n) is 4.96. The van der Waals surface area contributed by atoms with Gasteiger partial charge in [0.1, 0.15) is 5.78 Å². The molecule has 2 rings (SSSR count). The smallest absolute Gasteiger partial charge is 0.302 e. The highest BCUT2D eigenvalue weighted by Crippen LogP contribution is 2.41. The fourth-order valence-electron chi connectivity index (χ4n) is 2.78. The summed E-state index contributed by atoms with van der Waals surface area (Å²) in [6.07, 6.45) is 2.95. The molecule has 0 N–H and O–H groups in total. The monoisotopic (exact) mass is 324 g/mol. The number of ketones is 1. The molecule has 19 heavy (non-hydrogen) atoms. The summed E-state index contributed by atoms with van der Waals surface area (Å²) in [5.41, 5.74) is 0.571. The molecule has 1 aliphatic rings. The molecular weight excluding hydrogens is 308 g/mol. The lowest BCUT2D eigenvalue weighted by Gasteiger charge is -2.27. The maximum Gasteiger partial charge on any atom is 0.302 e. The van der Waals surface area contributed by atoms with Gasteiger partial charge in [0, 0.05) is 17.8 Å². The van der Waals surface area contributed by atoms with Crippen molar-refractivity contribution in [1.82, 2.24) is 0 Å². The van der Waals surface area contributed by atoms with Crippen LogP contribution in [0.15, 0.2) is 28.7 Å². The summed E-state index contributed by atoms with van der Waals surface area (Å²) in [7, 11) is 0. The van der Waals surface area contributed by atoms with Crippen molar-refractivity contribution < 1.29 is 14.3 Å². The third-order valence-electron chi connectivity index (χ3n) is 3.77. The zero-order chi connectivity index (χ0) is 13.9. The highest BCUT2D eigenvalue weighted by molar-refractivity contribution is 9.10. The Balaban J connectivity index is 2.22. The van der Waals surface area contributed by atoms with E-state index in [9.17, 15) is 9.59 Å². The molecule has 1 fully saturated rings. The van der Waals surface area contributed by atoms with Crippen LogP contribution in [0, 0.1) is 0 Å². The first-order valence-corrected chi connectivity index (χ1v) is 7.27. The van der Waals surface area contributed by atoms with E-state index < -0.39 is 5.41 Å². The number of rotatable bonds is 4. The van der Waals surface area contributed by atoms with Crippen LogP contribution in [-0.4, -0.2) is 18.4 Å². The van der Waals surface area contributed by atoms with Crippen molar-refractivity contribution in [2.24, 2.45) is 0 Å². The van der Waals surface area contributed by atoms with Crippen LogP contribution in [0.5, 0.6) is 0 Å². The largest absolute Gasteiger partial charge is 0.466 e. The predicted octanol–water partition coefficient (Wildman–Crippen LogP) is 3.39. The summed E-state index contributed by atoms with van der Waals surface area (Å²) < 4.78 is 6.02. The number of hydrogen-bond donors (Lipinski definition) is 0. The van der Waals surface area contributed by atoms with Crippen LogP contribution in [0.3, 0.4) is 0 Å². The van der Waals surface area contributed by atoms with Crippen LogP contribution >= 0.6 is 15.9 Å². The number of carbonyl (C=O) groups is 2. The fraction of sp³-hybridized carbons (Fsp3) is 0.467. The molecule has 0 bridgehead atoms. The van der Waals surface area contributed by atoms with E-state index in [4.69, 9.17) is 4.74 Å². The lowest BCUT2D eigenvalue weighted by atomic mass is 9.75. The van der Waals surface area contributed by atoms with Gasteiger partial charge in [0.2, 0.25) is 0 Å². The minimum atomic E-state index is -0.462. The molecule has 0 radical (unpaired) electrons. The Morgan fingerprint density at radius 1 is 1.37 bits per heavy atom. The Morgan fingerprint density at radius 2 is 2.05 bits per heavy atom. The van der Waals surface area contributed by atoms with Crippen LogP contribution in [0.2, 0.25) is 0 Å². The summed E-state index contributed by atoms with van der Waals surface area (Å²) in [5, 5.41) is 0. The molecule has 0 heterocycles. The molecule has 1 unspecified atom stereocenters. The number of esters is 1. The summed E-state index contributed by atoms with van der Waals surface area (Å²) in [5.74, 6) is -0.0293. The van der Waals surface area contributed by atoms with E-state index in [1.54, 1.807) is 0 Å². The van der Waals surface area contributed by atoms with Crippen LogP contribution in [-0.2, 0) is 19.7 Å². The van der Waals surface area contributed by atoms with Gasteiger partial charge < -0.3 is 4.74 Å². The lowest BCUT2D eigenvalue weighted by Crippen LogP contribution is -2.32. The normalized spacial score (nSPS) is 22.5. The standard InChI is InChI=1S/C15H17BrO3/c1-11(17)19-10-9-15(8-2-3-14(15)18)12-4-6-13(16)7-5-12/h4-7H,2-3,8-10H2,1H3. The molecule has 0 amide bonds. The van der Waals surface area contributed by atoms with Crippen molar-refractivity contribution in [3.8, 4) is 0 Å². The molecule has 1 atom stereocenters. The van der Waals surface area contributed by atoms with Crippen molar-refractivity contribution >= 4 is 27.7 Å². The van der Waals surface area contributed by atoms with E-state index in [-0.39, 0.29) is 11.8 Å². The minimum Gasteiger partial charge on any atom is -0.466 e. The molecule has 0 aliphatic heterocycles. The second-order valence-corrected chi connectivity index (χ2v) is 5.87. The first-order chi connectivity index (χ1) is 9.04. The molecule has 0 aromatic heterocycles. The molecule has 1 aromatic carbocycles. The number of carbonyl (C=O) groups excluding carboxylic acids is 2. The van der Waals surface area contributed by atoms with E-state index in [0.717, 1.165) is 22.9 Å². The van der Waals surface area contributed by atoms with Crippen molar-refractivity contribution in [2.75, 3.05) is 6.61 Å². The molecule has 0 saturated heterocycles. The van der Waals surface area contributed by atoms with E-state index in [1.807, 2.05) is 24.3 Å². The highest BCUT2D eigenvalue weighted by Gasteiger charge is 2.43. The van der Waals surface area contributed by atoms with Gasteiger partial charge >= 0.3 is 5.97 Å². The van der Waals surface area contributed by atoms with Gasteiger partial charge in [-0.2, -0.15) is 0 Å². The first kappa shape index (κ1) is 14.3. The number of Topliss-reactive ketones (excluding diaryl/α,β-unsaturated/α-hetero) is 1. The van der Waals surface area contributed by atoms with Gasteiger partial charge in [-0.25, -0.2) is 0 Å². The van der Waals surface area contributed by atoms with E-state index in [0.29, 0.717) is 19.4 Å². The van der Waals surface area contributed by atoms with Gasteiger partial charge in [-0.05, 0) is 37.0 Å². The average molecular weight is 325 g/mol. The summed E-state index contributed by atoms with van der Waals surface area (Å²) in [6, 6.07) is 7.88. The molecule has 102 valence electrons. The molecule has 1 aliphatic carbocycles. The number of hydrogen-bond acceptors (Lipinski definition) is 3. The quantitative estimate of drug-likeness (QED) is 0.797. The van der Waals surface area contributed by atoms with Crippen molar-refractivity contribution in [3.05, 3.63) is 34.3 Å². The maximum atomic E-state index is 12.3. The zero-order valence-corrected chi connectivity index (χ0v) is 12.5. The van der Waals surface area contributed by atoms with Gasteiger partial charge in [0.15, 0.2) is 0 Å². The predicted molar refractivity (Wildman–Crippen MR) is 75.9 cm³/mol. The molecule has 1 aromatic rings. The Bertz CT molecular complexity index is 481. The third-order valence-corrected chi connectivity index (χ3v) is 4.30. The Hall–Kier alpha value is -1.16. The minimum absolute atomic E-state index is 0.266. The Kier molecular flexibility index (Phi) is 4.40. The van der Waals surface area contributed by atoms with Crippen molar-refractivity contribution in [1.29, 1.82) is 0 Å². The second kappa shape index (κ2) is 5.87. The van der Waals surface area contributed by atoms with Gasteiger partial charge in [-0.1, -0.05) is 28.1 Å². The van der Waals surface area contributed by atoms with Crippen LogP contribution in [0.1, 0.15) is 38.2 Å². The summed E-state index contributed by atoms with van der Waals surface area (Å²) >= 11 is 3.40. The van der Waals surface area contributed by atoms with Gasteiger partial charge in [-0.3, -0.25) is 9.59 Å². The molecular formula is C15H17BrO3. The average Bonchev–Trinajstić information content (AvgIpc) is 2.72. The Morgan fingerprint density at radius 3 is 2.58 bits per heavy atom. The maximum absolute atomic E-state index is 12.3. The highest BCUT2D eigenvalue weighted by atomic mass is 79.9. The van der Waals surface area contributed by atoms with E-state index in [2.05, 4.69) is 15.9 Å². The number of halogens is 1. The van der Waals surface area contributed by atoms with Gasteiger partial charge in [0.05, 0.1) is 12.0 Å². The zero-order valence-electron chi connectivity index (χ0n) is 10.9. The molecule has 0 spiro atoms. The SMILES string of the molecule is CC(=O)OCCC1(c2ccc(Br)cc2)CCCC1=O. The van der Waals surface area contributed by atoms with Crippen molar-refractivity contribution in [2.45, 2.75) is 38.0 Å². The number of benzene rings is 1. The molecule has 4 heteroatoms. The third kappa shape index (κ3) is 3.06. The van der Waals surface area contributed by atoms with Crippen LogP contribution < -0.4 is 0 Å². The molecule has 1 saturated carbocycles. The molecule has 3 nitrogen and oxygen atoms in total. The Labute approximate surface area is 121 Å². The van der Waals surface area contributed by atoms with Gasteiger partial charge in [0.25, 0.3) is 0 Å².